The zero-order chi connectivity index (χ0) is 17.8. The molecule has 0 aliphatic heterocycles. The summed E-state index contributed by atoms with van der Waals surface area (Å²) < 4.78 is 6.54. The van der Waals surface area contributed by atoms with Gasteiger partial charge in [0.25, 0.3) is 0 Å². The molecule has 3 aromatic rings. The molecule has 3 N–H and O–H groups in total. The van der Waals surface area contributed by atoms with E-state index in [4.69, 9.17) is 4.74 Å². The molecule has 0 saturated heterocycles. The van der Waals surface area contributed by atoms with Crippen molar-refractivity contribution in [2.45, 2.75) is 26.0 Å². The smallest absolute Gasteiger partial charge is 0.138 e. The van der Waals surface area contributed by atoms with E-state index in [9.17, 15) is 5.11 Å². The lowest BCUT2D eigenvalue weighted by atomic mass is 10.2. The van der Waals surface area contributed by atoms with Crippen LogP contribution >= 0.6 is 15.9 Å². The summed E-state index contributed by atoms with van der Waals surface area (Å²) in [4.78, 5) is 7.92. The molecule has 1 atom stereocenters. The third-order valence-electron chi connectivity index (χ3n) is 3.79. The molecule has 2 aromatic carbocycles. The van der Waals surface area contributed by atoms with Gasteiger partial charge in [0.05, 0.1) is 15.5 Å². The number of nitrogens with one attached hydrogen (secondary N) is 2. The standard InChI is InChI=1S/C19H22BrN3O2/c1-12(2)21-10-14(24)11-25-18-8-7-13(9-15(18)20)19-22-16-5-3-4-6-17(16)23-19/h3-9,12,14,21,24H,10-11H2,1-2H3,(H,22,23). The third-order valence-corrected chi connectivity index (χ3v) is 4.41. The van der Waals surface area contributed by atoms with Gasteiger partial charge in [0.15, 0.2) is 0 Å². The van der Waals surface area contributed by atoms with Gasteiger partial charge in [-0.3, -0.25) is 0 Å². The largest absolute Gasteiger partial charge is 0.490 e. The molecular weight excluding hydrogens is 382 g/mol. The topological polar surface area (TPSA) is 70.2 Å². The lowest BCUT2D eigenvalue weighted by molar-refractivity contribution is 0.104. The molecule has 0 radical (unpaired) electrons. The Labute approximate surface area is 155 Å². The number of hydrogen-bond donors (Lipinski definition) is 3. The highest BCUT2D eigenvalue weighted by molar-refractivity contribution is 9.10. The number of para-hydroxylation sites is 2. The summed E-state index contributed by atoms with van der Waals surface area (Å²) in [6.45, 7) is 4.83. The Morgan fingerprint density at radius 3 is 2.76 bits per heavy atom. The Bertz CT molecular complexity index is 815. The predicted molar refractivity (Wildman–Crippen MR) is 104 cm³/mol. The van der Waals surface area contributed by atoms with Gasteiger partial charge in [-0.05, 0) is 46.3 Å². The minimum Gasteiger partial charge on any atom is -0.490 e. The van der Waals surface area contributed by atoms with Crippen molar-refractivity contribution in [2.24, 2.45) is 0 Å². The van der Waals surface area contributed by atoms with Crippen molar-refractivity contribution in [3.05, 3.63) is 46.9 Å². The molecule has 0 saturated carbocycles. The number of aliphatic hydroxyl groups is 1. The van der Waals surface area contributed by atoms with Gasteiger partial charge < -0.3 is 20.1 Å². The van der Waals surface area contributed by atoms with Gasteiger partial charge in [0, 0.05) is 18.2 Å². The lowest BCUT2D eigenvalue weighted by Gasteiger charge is -2.15. The van der Waals surface area contributed by atoms with Gasteiger partial charge >= 0.3 is 0 Å². The van der Waals surface area contributed by atoms with Gasteiger partial charge in [-0.25, -0.2) is 4.98 Å². The first-order valence-corrected chi connectivity index (χ1v) is 9.11. The van der Waals surface area contributed by atoms with Crippen LogP contribution in [0.25, 0.3) is 22.4 Å². The number of rotatable bonds is 7. The van der Waals surface area contributed by atoms with Crippen molar-refractivity contribution in [2.75, 3.05) is 13.2 Å². The zero-order valence-electron chi connectivity index (χ0n) is 14.3. The van der Waals surface area contributed by atoms with Crippen molar-refractivity contribution >= 4 is 27.0 Å². The molecule has 1 heterocycles. The fourth-order valence-corrected chi connectivity index (χ4v) is 2.96. The number of ether oxygens (including phenoxy) is 1. The van der Waals surface area contributed by atoms with E-state index in [1.807, 2.05) is 56.3 Å². The second-order valence-electron chi connectivity index (χ2n) is 6.28. The highest BCUT2D eigenvalue weighted by Crippen LogP contribution is 2.30. The Morgan fingerprint density at radius 1 is 1.24 bits per heavy atom. The Kier molecular flexibility index (Phi) is 5.73. The number of H-pyrrole nitrogens is 1. The van der Waals surface area contributed by atoms with Crippen LogP contribution in [0.15, 0.2) is 46.9 Å². The maximum atomic E-state index is 9.95. The SMILES string of the molecule is CC(C)NCC(O)COc1ccc(-c2nc3ccccc3[nH]2)cc1Br. The second-order valence-corrected chi connectivity index (χ2v) is 7.13. The van der Waals surface area contributed by atoms with Gasteiger partial charge in [0.1, 0.15) is 24.3 Å². The van der Waals surface area contributed by atoms with Crippen molar-refractivity contribution in [3.63, 3.8) is 0 Å². The summed E-state index contributed by atoms with van der Waals surface area (Å²) in [6, 6.07) is 14.1. The van der Waals surface area contributed by atoms with E-state index in [-0.39, 0.29) is 6.61 Å². The van der Waals surface area contributed by atoms with Crippen molar-refractivity contribution in [1.29, 1.82) is 0 Å². The van der Waals surface area contributed by atoms with Crippen LogP contribution in [0.5, 0.6) is 5.75 Å². The van der Waals surface area contributed by atoms with Gasteiger partial charge in [-0.1, -0.05) is 26.0 Å². The summed E-state index contributed by atoms with van der Waals surface area (Å²) in [5.41, 5.74) is 2.92. The molecule has 0 amide bonds. The van der Waals surface area contributed by atoms with Gasteiger partial charge in [-0.15, -0.1) is 0 Å². The predicted octanol–water partition coefficient (Wildman–Crippen LogP) is 3.73. The van der Waals surface area contributed by atoms with Gasteiger partial charge in [-0.2, -0.15) is 0 Å². The molecule has 25 heavy (non-hydrogen) atoms. The third kappa shape index (κ3) is 4.60. The molecule has 5 nitrogen and oxygen atoms in total. The average molecular weight is 404 g/mol. The minimum atomic E-state index is -0.552. The number of nitrogens with zero attached hydrogens (tertiary/aromatic N) is 1. The maximum absolute atomic E-state index is 9.95. The first kappa shape index (κ1) is 17.9. The number of aromatic nitrogens is 2. The number of benzene rings is 2. The Balaban J connectivity index is 1.68. The summed E-state index contributed by atoms with van der Waals surface area (Å²) in [5, 5.41) is 13.1. The van der Waals surface area contributed by atoms with E-state index in [1.54, 1.807) is 0 Å². The normalized spacial score (nSPS) is 12.7. The summed E-state index contributed by atoms with van der Waals surface area (Å²) in [5.74, 6) is 1.51. The van der Waals surface area contributed by atoms with E-state index >= 15 is 0 Å². The monoisotopic (exact) mass is 403 g/mol. The van der Waals surface area contributed by atoms with Gasteiger partial charge in [0.2, 0.25) is 0 Å². The molecule has 0 aliphatic carbocycles. The molecule has 0 aliphatic rings. The van der Waals surface area contributed by atoms with E-state index in [0.29, 0.717) is 18.3 Å². The zero-order valence-corrected chi connectivity index (χ0v) is 15.9. The van der Waals surface area contributed by atoms with Crippen LogP contribution in [-0.2, 0) is 0 Å². The highest BCUT2D eigenvalue weighted by Gasteiger charge is 2.11. The number of hydrogen-bond acceptors (Lipinski definition) is 4. The maximum Gasteiger partial charge on any atom is 0.138 e. The van der Waals surface area contributed by atoms with Crippen LogP contribution in [-0.4, -0.2) is 40.4 Å². The first-order chi connectivity index (χ1) is 12.0. The number of imidazole rings is 1. The number of aliphatic hydroxyl groups excluding tert-OH is 1. The lowest BCUT2D eigenvalue weighted by Crippen LogP contribution is -2.35. The molecule has 132 valence electrons. The fourth-order valence-electron chi connectivity index (χ4n) is 2.47. The first-order valence-electron chi connectivity index (χ1n) is 8.32. The van der Waals surface area contributed by atoms with E-state index in [0.717, 1.165) is 26.9 Å². The summed E-state index contributed by atoms with van der Waals surface area (Å²) in [6.07, 6.45) is -0.552. The Morgan fingerprint density at radius 2 is 2.04 bits per heavy atom. The highest BCUT2D eigenvalue weighted by atomic mass is 79.9. The van der Waals surface area contributed by atoms with Crippen molar-refractivity contribution in [3.8, 4) is 17.1 Å². The van der Waals surface area contributed by atoms with Crippen LogP contribution in [0.2, 0.25) is 0 Å². The van der Waals surface area contributed by atoms with E-state index < -0.39 is 6.10 Å². The molecule has 0 fully saturated rings. The summed E-state index contributed by atoms with van der Waals surface area (Å²) in [7, 11) is 0. The minimum absolute atomic E-state index is 0.238. The van der Waals surface area contributed by atoms with Crippen LogP contribution in [0.3, 0.4) is 0 Å². The Hall–Kier alpha value is -1.89. The molecule has 0 bridgehead atoms. The van der Waals surface area contributed by atoms with E-state index in [1.165, 1.54) is 0 Å². The number of fused-ring (bicyclic) bond motifs is 1. The summed E-state index contributed by atoms with van der Waals surface area (Å²) >= 11 is 3.54. The number of aromatic amines is 1. The van der Waals surface area contributed by atoms with Crippen molar-refractivity contribution < 1.29 is 9.84 Å². The number of halogens is 1. The van der Waals surface area contributed by atoms with E-state index in [2.05, 4.69) is 31.2 Å². The molecule has 1 unspecified atom stereocenters. The molecule has 1 aromatic heterocycles. The van der Waals surface area contributed by atoms with Crippen LogP contribution in [0.4, 0.5) is 0 Å². The van der Waals surface area contributed by atoms with Crippen molar-refractivity contribution in [1.82, 2.24) is 15.3 Å². The molecule has 0 spiro atoms. The molecular formula is C19H22BrN3O2. The van der Waals surface area contributed by atoms with Crippen LogP contribution in [0, 0.1) is 0 Å². The van der Waals surface area contributed by atoms with Crippen LogP contribution in [0.1, 0.15) is 13.8 Å². The second kappa shape index (κ2) is 7.99. The molecule has 3 rings (SSSR count). The quantitative estimate of drug-likeness (QED) is 0.561. The average Bonchev–Trinajstić information content (AvgIpc) is 3.03. The fraction of sp³-hybridized carbons (Fsp3) is 0.316. The van der Waals surface area contributed by atoms with Crippen LogP contribution < -0.4 is 10.1 Å². The molecule has 6 heteroatoms.